The standard InChI is InChI=1S/C12H8Cl2O8/c13-9-3(1-5(15)16)7(11(19)20)10(14)4(2-6(17)18)8(9)12(21)22/h1-2H2,(H,15,16)(H,17,18)(H,19,20)(H,21,22). The second-order valence-corrected chi connectivity index (χ2v) is 4.84. The van der Waals surface area contributed by atoms with Crippen LogP contribution in [0.15, 0.2) is 0 Å². The van der Waals surface area contributed by atoms with E-state index < -0.39 is 69.0 Å². The molecule has 0 atom stereocenters. The molecule has 118 valence electrons. The number of benzene rings is 1. The molecule has 0 aliphatic rings. The summed E-state index contributed by atoms with van der Waals surface area (Å²) in [6.45, 7) is 0. The molecule has 10 heteroatoms. The van der Waals surface area contributed by atoms with Crippen LogP contribution >= 0.6 is 23.2 Å². The Morgan fingerprint density at radius 1 is 0.682 bits per heavy atom. The zero-order valence-electron chi connectivity index (χ0n) is 10.6. The van der Waals surface area contributed by atoms with Gasteiger partial charge in [-0.1, -0.05) is 23.2 Å². The number of hydrogen-bond donors (Lipinski definition) is 4. The van der Waals surface area contributed by atoms with Crippen molar-refractivity contribution < 1.29 is 39.6 Å². The first-order valence-corrected chi connectivity index (χ1v) is 6.26. The Labute approximate surface area is 132 Å². The third-order valence-corrected chi connectivity index (χ3v) is 3.49. The number of carboxylic acid groups (broad SMARTS) is 4. The van der Waals surface area contributed by atoms with E-state index in [-0.39, 0.29) is 0 Å². The molecule has 0 aliphatic heterocycles. The second-order valence-electron chi connectivity index (χ2n) is 4.09. The van der Waals surface area contributed by atoms with Crippen LogP contribution in [-0.4, -0.2) is 44.3 Å². The third-order valence-electron chi connectivity index (χ3n) is 2.66. The predicted octanol–water partition coefficient (Wildman–Crippen LogP) is 1.64. The first-order valence-electron chi connectivity index (χ1n) is 5.50. The number of carbonyl (C=O) groups is 4. The molecule has 4 N–H and O–H groups in total. The monoisotopic (exact) mass is 350 g/mol. The van der Waals surface area contributed by atoms with Crippen LogP contribution in [0.25, 0.3) is 0 Å². The highest BCUT2D eigenvalue weighted by Crippen LogP contribution is 2.36. The van der Waals surface area contributed by atoms with Crippen LogP contribution in [0.2, 0.25) is 10.0 Å². The Hall–Kier alpha value is -2.32. The summed E-state index contributed by atoms with van der Waals surface area (Å²) >= 11 is 11.6. The van der Waals surface area contributed by atoms with Gasteiger partial charge in [-0.05, 0) is 11.1 Å². The largest absolute Gasteiger partial charge is 0.481 e. The van der Waals surface area contributed by atoms with E-state index in [4.69, 9.17) is 43.6 Å². The summed E-state index contributed by atoms with van der Waals surface area (Å²) < 4.78 is 0. The Kier molecular flexibility index (Phi) is 5.34. The van der Waals surface area contributed by atoms with E-state index >= 15 is 0 Å². The van der Waals surface area contributed by atoms with E-state index in [0.29, 0.717) is 0 Å². The Balaban J connectivity index is 3.88. The van der Waals surface area contributed by atoms with Crippen molar-refractivity contribution in [1.82, 2.24) is 0 Å². The lowest BCUT2D eigenvalue weighted by Crippen LogP contribution is -2.17. The van der Waals surface area contributed by atoms with Gasteiger partial charge in [0, 0.05) is 0 Å². The predicted molar refractivity (Wildman–Crippen MR) is 73.1 cm³/mol. The minimum absolute atomic E-state index is 0.502. The molecule has 0 saturated carbocycles. The van der Waals surface area contributed by atoms with Gasteiger partial charge in [-0.2, -0.15) is 0 Å². The Morgan fingerprint density at radius 2 is 0.955 bits per heavy atom. The van der Waals surface area contributed by atoms with Crippen LogP contribution in [-0.2, 0) is 22.4 Å². The first kappa shape index (κ1) is 17.7. The van der Waals surface area contributed by atoms with Crippen molar-refractivity contribution in [3.05, 3.63) is 32.3 Å². The molecule has 0 fully saturated rings. The average molecular weight is 351 g/mol. The molecule has 1 aromatic carbocycles. The summed E-state index contributed by atoms with van der Waals surface area (Å²) in [7, 11) is 0. The molecule has 8 nitrogen and oxygen atoms in total. The van der Waals surface area contributed by atoms with Gasteiger partial charge in [0.2, 0.25) is 0 Å². The molecule has 0 amide bonds. The van der Waals surface area contributed by atoms with Crippen molar-refractivity contribution in [2.45, 2.75) is 12.8 Å². The van der Waals surface area contributed by atoms with Crippen LogP contribution in [0.4, 0.5) is 0 Å². The molecule has 0 saturated heterocycles. The number of aliphatic carboxylic acids is 2. The van der Waals surface area contributed by atoms with E-state index in [9.17, 15) is 19.2 Å². The summed E-state index contributed by atoms with van der Waals surface area (Å²) in [5, 5.41) is 34.6. The maximum Gasteiger partial charge on any atom is 0.337 e. The quantitative estimate of drug-likeness (QED) is 0.604. The first-order chi connectivity index (χ1) is 10.1. The van der Waals surface area contributed by atoms with Crippen LogP contribution < -0.4 is 0 Å². The molecule has 0 aromatic heterocycles. The van der Waals surface area contributed by atoms with Gasteiger partial charge in [0.25, 0.3) is 0 Å². The summed E-state index contributed by atoms with van der Waals surface area (Å²) in [5.74, 6) is -6.20. The van der Waals surface area contributed by atoms with Gasteiger partial charge in [-0.3, -0.25) is 9.59 Å². The molecule has 1 aromatic rings. The van der Waals surface area contributed by atoms with Crippen molar-refractivity contribution >= 4 is 47.1 Å². The SMILES string of the molecule is O=C(O)Cc1c(Cl)c(C(=O)O)c(CC(=O)O)c(Cl)c1C(=O)O. The van der Waals surface area contributed by atoms with Gasteiger partial charge >= 0.3 is 23.9 Å². The number of halogens is 2. The minimum Gasteiger partial charge on any atom is -0.481 e. The van der Waals surface area contributed by atoms with Crippen molar-refractivity contribution in [3.63, 3.8) is 0 Å². The fraction of sp³-hybridized carbons (Fsp3) is 0.167. The molecule has 22 heavy (non-hydrogen) atoms. The molecule has 0 aliphatic carbocycles. The van der Waals surface area contributed by atoms with E-state index in [0.717, 1.165) is 0 Å². The summed E-state index contributed by atoms with van der Waals surface area (Å²) in [4.78, 5) is 44.2. The van der Waals surface area contributed by atoms with Gasteiger partial charge < -0.3 is 20.4 Å². The summed E-state index contributed by atoms with van der Waals surface area (Å²) in [6, 6.07) is 0. The molecule has 1 rings (SSSR count). The maximum absolute atomic E-state index is 11.3. The lowest BCUT2D eigenvalue weighted by atomic mass is 9.94. The van der Waals surface area contributed by atoms with Crippen LogP contribution in [0.1, 0.15) is 31.8 Å². The number of carboxylic acids is 4. The summed E-state index contributed by atoms with van der Waals surface area (Å²) in [6.07, 6.45) is -1.76. The van der Waals surface area contributed by atoms with E-state index in [1.807, 2.05) is 0 Å². The molecular weight excluding hydrogens is 343 g/mol. The molecule has 0 bridgehead atoms. The molecule has 0 heterocycles. The van der Waals surface area contributed by atoms with Crippen LogP contribution in [0, 0.1) is 0 Å². The van der Waals surface area contributed by atoms with Crippen LogP contribution in [0.3, 0.4) is 0 Å². The van der Waals surface area contributed by atoms with Gasteiger partial charge in [0.05, 0.1) is 34.0 Å². The molecule has 0 radical (unpaired) electrons. The highest BCUT2D eigenvalue weighted by Gasteiger charge is 2.30. The van der Waals surface area contributed by atoms with Gasteiger partial charge in [-0.25, -0.2) is 9.59 Å². The number of aromatic carboxylic acids is 2. The lowest BCUT2D eigenvalue weighted by Gasteiger charge is -2.16. The zero-order valence-corrected chi connectivity index (χ0v) is 12.1. The van der Waals surface area contributed by atoms with Gasteiger partial charge in [0.1, 0.15) is 0 Å². The highest BCUT2D eigenvalue weighted by molar-refractivity contribution is 6.39. The van der Waals surface area contributed by atoms with Gasteiger partial charge in [-0.15, -0.1) is 0 Å². The fourth-order valence-corrected chi connectivity index (χ4v) is 2.58. The lowest BCUT2D eigenvalue weighted by molar-refractivity contribution is -0.137. The molecular formula is C12H8Cl2O8. The van der Waals surface area contributed by atoms with Crippen molar-refractivity contribution in [3.8, 4) is 0 Å². The van der Waals surface area contributed by atoms with E-state index in [1.165, 1.54) is 0 Å². The Bertz CT molecular complexity index is 635. The van der Waals surface area contributed by atoms with Gasteiger partial charge in [0.15, 0.2) is 0 Å². The number of rotatable bonds is 6. The van der Waals surface area contributed by atoms with Crippen LogP contribution in [0.5, 0.6) is 0 Å². The molecule has 0 unspecified atom stereocenters. The van der Waals surface area contributed by atoms with E-state index in [2.05, 4.69) is 0 Å². The molecule has 0 spiro atoms. The fourth-order valence-electron chi connectivity index (χ4n) is 1.87. The topological polar surface area (TPSA) is 149 Å². The normalized spacial score (nSPS) is 10.3. The second kappa shape index (κ2) is 6.63. The third kappa shape index (κ3) is 3.46. The number of hydrogen-bond acceptors (Lipinski definition) is 4. The Morgan fingerprint density at radius 3 is 1.14 bits per heavy atom. The van der Waals surface area contributed by atoms with Crippen molar-refractivity contribution in [1.29, 1.82) is 0 Å². The smallest absolute Gasteiger partial charge is 0.337 e. The highest BCUT2D eigenvalue weighted by atomic mass is 35.5. The minimum atomic E-state index is -1.65. The van der Waals surface area contributed by atoms with Crippen molar-refractivity contribution in [2.24, 2.45) is 0 Å². The maximum atomic E-state index is 11.3. The summed E-state index contributed by atoms with van der Waals surface area (Å²) in [5.41, 5.74) is -2.46. The van der Waals surface area contributed by atoms with Crippen molar-refractivity contribution in [2.75, 3.05) is 0 Å². The average Bonchev–Trinajstić information content (AvgIpc) is 2.33. The van der Waals surface area contributed by atoms with E-state index in [1.54, 1.807) is 0 Å². The zero-order chi connectivity index (χ0) is 17.2.